The maximum atomic E-state index is 12.6. The van der Waals surface area contributed by atoms with Gasteiger partial charge in [-0.15, -0.1) is 0 Å². The van der Waals surface area contributed by atoms with E-state index in [1.165, 1.54) is 19.2 Å². The molecule has 0 spiro atoms. The number of non-ortho nitro benzene ring substituents is 1. The number of carbonyl (C=O) groups is 3. The lowest BCUT2D eigenvalue weighted by molar-refractivity contribution is -0.384. The highest BCUT2D eigenvalue weighted by Gasteiger charge is 2.19. The second kappa shape index (κ2) is 8.30. The molecule has 0 aliphatic carbocycles. The van der Waals surface area contributed by atoms with Gasteiger partial charge in [-0.3, -0.25) is 14.9 Å². The van der Waals surface area contributed by atoms with Crippen molar-refractivity contribution in [2.24, 2.45) is 0 Å². The number of nitrogens with one attached hydrogen (secondary N) is 1. The number of esters is 2. The fourth-order valence-corrected chi connectivity index (χ4v) is 2.54. The molecule has 9 nitrogen and oxygen atoms in total. The van der Waals surface area contributed by atoms with E-state index >= 15 is 0 Å². The van der Waals surface area contributed by atoms with Crippen LogP contribution in [-0.4, -0.2) is 37.0 Å². The molecule has 0 aliphatic heterocycles. The highest BCUT2D eigenvalue weighted by molar-refractivity contribution is 6.07. The van der Waals surface area contributed by atoms with Crippen LogP contribution in [0.3, 0.4) is 0 Å². The van der Waals surface area contributed by atoms with Crippen molar-refractivity contribution in [1.29, 1.82) is 0 Å². The van der Waals surface area contributed by atoms with Crippen LogP contribution in [0.5, 0.6) is 0 Å². The van der Waals surface area contributed by atoms with Crippen LogP contribution in [-0.2, 0) is 9.47 Å². The van der Waals surface area contributed by atoms with Crippen LogP contribution in [0.15, 0.2) is 30.3 Å². The molecule has 9 heteroatoms. The number of rotatable bonds is 5. The van der Waals surface area contributed by atoms with E-state index in [1.807, 2.05) is 0 Å². The number of nitro benzene ring substituents is 1. The predicted molar refractivity (Wildman–Crippen MR) is 99.6 cm³/mol. The van der Waals surface area contributed by atoms with Gasteiger partial charge in [0.25, 0.3) is 11.6 Å². The molecule has 0 radical (unpaired) electrons. The molecule has 2 aromatic rings. The second-order valence-electron chi connectivity index (χ2n) is 5.93. The molecule has 0 aromatic heterocycles. The molecule has 0 atom stereocenters. The first kappa shape index (κ1) is 20.6. The van der Waals surface area contributed by atoms with E-state index in [0.717, 1.165) is 24.8 Å². The van der Waals surface area contributed by atoms with Crippen LogP contribution in [0, 0.1) is 24.0 Å². The van der Waals surface area contributed by atoms with Gasteiger partial charge in [0, 0.05) is 23.4 Å². The Hall–Kier alpha value is -3.75. The number of ether oxygens (including phenoxy) is 2. The summed E-state index contributed by atoms with van der Waals surface area (Å²) in [5.41, 5.74) is 1.38. The van der Waals surface area contributed by atoms with Crippen LogP contribution in [0.4, 0.5) is 11.4 Å². The van der Waals surface area contributed by atoms with Gasteiger partial charge in [-0.1, -0.05) is 0 Å². The monoisotopic (exact) mass is 386 g/mol. The standard InChI is InChI=1S/C19H18N2O7/c1-10-5-14(9-16(11(10)2)19(24)28-4)20-17(22)12-6-13(18(23)27-3)8-15(7-12)21(25)26/h5-9H,1-4H3,(H,20,22). The Kier molecular flexibility index (Phi) is 6.09. The smallest absolute Gasteiger partial charge is 0.338 e. The molecule has 0 saturated carbocycles. The largest absolute Gasteiger partial charge is 0.465 e. The molecule has 0 fully saturated rings. The van der Waals surface area contributed by atoms with Crippen molar-refractivity contribution < 1.29 is 28.8 Å². The summed E-state index contributed by atoms with van der Waals surface area (Å²) in [6.07, 6.45) is 0. The quantitative estimate of drug-likeness (QED) is 0.475. The van der Waals surface area contributed by atoms with Crippen molar-refractivity contribution in [3.8, 4) is 0 Å². The van der Waals surface area contributed by atoms with Gasteiger partial charge in [0.1, 0.15) is 0 Å². The Bertz CT molecular complexity index is 982. The molecule has 28 heavy (non-hydrogen) atoms. The SMILES string of the molecule is COC(=O)c1cc(C(=O)Nc2cc(C)c(C)c(C(=O)OC)c2)cc([N+](=O)[O-])c1. The maximum Gasteiger partial charge on any atom is 0.338 e. The van der Waals surface area contributed by atoms with E-state index in [0.29, 0.717) is 11.3 Å². The van der Waals surface area contributed by atoms with Gasteiger partial charge in [0.05, 0.1) is 30.3 Å². The number of carbonyl (C=O) groups excluding carboxylic acids is 3. The average Bonchev–Trinajstić information content (AvgIpc) is 2.68. The Morgan fingerprint density at radius 2 is 1.54 bits per heavy atom. The molecule has 2 aromatic carbocycles. The van der Waals surface area contributed by atoms with Crippen molar-refractivity contribution >= 4 is 29.2 Å². The minimum atomic E-state index is -0.808. The lowest BCUT2D eigenvalue weighted by atomic mass is 10.0. The number of anilines is 1. The lowest BCUT2D eigenvalue weighted by Crippen LogP contribution is -2.15. The summed E-state index contributed by atoms with van der Waals surface area (Å²) >= 11 is 0. The van der Waals surface area contributed by atoms with E-state index in [9.17, 15) is 24.5 Å². The first-order valence-corrected chi connectivity index (χ1v) is 8.06. The highest BCUT2D eigenvalue weighted by Crippen LogP contribution is 2.23. The van der Waals surface area contributed by atoms with Crippen LogP contribution < -0.4 is 5.32 Å². The Balaban J connectivity index is 2.44. The number of nitrogens with zero attached hydrogens (tertiary/aromatic N) is 1. The summed E-state index contributed by atoms with van der Waals surface area (Å²) < 4.78 is 9.30. The average molecular weight is 386 g/mol. The fourth-order valence-electron chi connectivity index (χ4n) is 2.54. The van der Waals surface area contributed by atoms with Crippen molar-refractivity contribution in [3.63, 3.8) is 0 Å². The number of methoxy groups -OCH3 is 2. The number of aryl methyl sites for hydroxylation is 1. The number of nitro groups is 1. The fraction of sp³-hybridized carbons (Fsp3) is 0.211. The zero-order valence-electron chi connectivity index (χ0n) is 15.7. The van der Waals surface area contributed by atoms with Gasteiger partial charge in [0.2, 0.25) is 0 Å². The number of amides is 1. The molecule has 146 valence electrons. The van der Waals surface area contributed by atoms with Gasteiger partial charge in [-0.05, 0) is 43.2 Å². The lowest BCUT2D eigenvalue weighted by Gasteiger charge is -2.12. The first-order valence-electron chi connectivity index (χ1n) is 8.06. The van der Waals surface area contributed by atoms with Gasteiger partial charge >= 0.3 is 11.9 Å². The van der Waals surface area contributed by atoms with Gasteiger partial charge in [-0.25, -0.2) is 9.59 Å². The second-order valence-corrected chi connectivity index (χ2v) is 5.93. The van der Waals surface area contributed by atoms with E-state index in [4.69, 9.17) is 4.74 Å². The molecule has 0 heterocycles. The van der Waals surface area contributed by atoms with E-state index in [-0.39, 0.29) is 16.7 Å². The molecule has 2 rings (SSSR count). The van der Waals surface area contributed by atoms with Crippen molar-refractivity contribution in [2.45, 2.75) is 13.8 Å². The van der Waals surface area contributed by atoms with E-state index < -0.39 is 28.5 Å². The van der Waals surface area contributed by atoms with Crippen LogP contribution >= 0.6 is 0 Å². The summed E-state index contributed by atoms with van der Waals surface area (Å²) in [5.74, 6) is -2.05. The zero-order chi connectivity index (χ0) is 21.0. The minimum absolute atomic E-state index is 0.104. The summed E-state index contributed by atoms with van der Waals surface area (Å²) in [4.78, 5) is 46.6. The van der Waals surface area contributed by atoms with E-state index in [2.05, 4.69) is 10.1 Å². The Morgan fingerprint density at radius 3 is 2.11 bits per heavy atom. The van der Waals surface area contributed by atoms with Crippen molar-refractivity contribution in [3.05, 3.63) is 68.3 Å². The number of hydrogen-bond acceptors (Lipinski definition) is 7. The summed E-state index contributed by atoms with van der Waals surface area (Å²) in [7, 11) is 2.38. The Labute approximate surface area is 160 Å². The normalized spacial score (nSPS) is 10.1. The maximum absolute atomic E-state index is 12.6. The number of benzene rings is 2. The summed E-state index contributed by atoms with van der Waals surface area (Å²) in [5, 5.41) is 13.7. The third-order valence-electron chi connectivity index (χ3n) is 4.14. The van der Waals surface area contributed by atoms with Gasteiger partial charge in [0.15, 0.2) is 0 Å². The third-order valence-corrected chi connectivity index (χ3v) is 4.14. The Morgan fingerprint density at radius 1 is 0.929 bits per heavy atom. The van der Waals surface area contributed by atoms with Crippen LogP contribution in [0.25, 0.3) is 0 Å². The first-order chi connectivity index (χ1) is 13.2. The van der Waals surface area contributed by atoms with E-state index in [1.54, 1.807) is 19.9 Å². The van der Waals surface area contributed by atoms with Gasteiger partial charge < -0.3 is 14.8 Å². The highest BCUT2D eigenvalue weighted by atomic mass is 16.6. The van der Waals surface area contributed by atoms with Crippen LogP contribution in [0.2, 0.25) is 0 Å². The molecular weight excluding hydrogens is 368 g/mol. The third kappa shape index (κ3) is 4.32. The number of hydrogen-bond donors (Lipinski definition) is 1. The molecule has 1 amide bonds. The van der Waals surface area contributed by atoms with Crippen LogP contribution in [0.1, 0.15) is 42.2 Å². The zero-order valence-corrected chi connectivity index (χ0v) is 15.7. The molecule has 0 bridgehead atoms. The molecule has 1 N–H and O–H groups in total. The molecule has 0 aliphatic rings. The van der Waals surface area contributed by atoms with Crippen molar-refractivity contribution in [1.82, 2.24) is 0 Å². The molecule has 0 unspecified atom stereocenters. The minimum Gasteiger partial charge on any atom is -0.465 e. The van der Waals surface area contributed by atoms with Gasteiger partial charge in [-0.2, -0.15) is 0 Å². The summed E-state index contributed by atoms with van der Waals surface area (Å²) in [6.45, 7) is 3.51. The van der Waals surface area contributed by atoms with Crippen molar-refractivity contribution in [2.75, 3.05) is 19.5 Å². The topological polar surface area (TPSA) is 125 Å². The molecular formula is C19H18N2O7. The summed E-state index contributed by atoms with van der Waals surface area (Å²) in [6, 6.07) is 6.36. The molecule has 0 saturated heterocycles. The predicted octanol–water partition coefficient (Wildman–Crippen LogP) is 3.04.